The molecule has 4 heteroatoms. The highest BCUT2D eigenvalue weighted by molar-refractivity contribution is 5.84. The number of hydrogen-bond acceptors (Lipinski definition) is 3. The Hall–Kier alpha value is -2.49. The van der Waals surface area contributed by atoms with Crippen LogP contribution in [0.15, 0.2) is 42.9 Å². The van der Waals surface area contributed by atoms with Crippen LogP contribution in [0.1, 0.15) is 12.0 Å². The van der Waals surface area contributed by atoms with E-state index < -0.39 is 0 Å². The molecule has 0 spiro atoms. The van der Waals surface area contributed by atoms with E-state index in [9.17, 15) is 4.79 Å². The lowest BCUT2D eigenvalue weighted by atomic mass is 10.0. The standard InChI is InChI=1S/C16H15N3O/c1-19-11-15(10-18-19)14-8-13-7-12(3-2-6-20)4-5-16(13)17-9-14/h4-11H,2-3H2,1H3. The van der Waals surface area contributed by atoms with Crippen LogP contribution in [-0.2, 0) is 18.3 Å². The van der Waals surface area contributed by atoms with Gasteiger partial charge in [0, 0.05) is 42.4 Å². The van der Waals surface area contributed by atoms with Gasteiger partial charge in [-0.2, -0.15) is 5.10 Å². The minimum atomic E-state index is 0.557. The maximum atomic E-state index is 10.5. The van der Waals surface area contributed by atoms with Crippen LogP contribution in [0.25, 0.3) is 22.0 Å². The molecular formula is C16H15N3O. The first-order valence-corrected chi connectivity index (χ1v) is 6.57. The Labute approximate surface area is 117 Å². The monoisotopic (exact) mass is 265 g/mol. The van der Waals surface area contributed by atoms with Crippen LogP contribution in [0.5, 0.6) is 0 Å². The zero-order valence-electron chi connectivity index (χ0n) is 11.3. The van der Waals surface area contributed by atoms with E-state index in [-0.39, 0.29) is 0 Å². The number of carbonyl (C=O) groups is 1. The predicted octanol–water partition coefficient (Wildman–Crippen LogP) is 2.77. The highest BCUT2D eigenvalue weighted by atomic mass is 16.1. The van der Waals surface area contributed by atoms with Gasteiger partial charge >= 0.3 is 0 Å². The Morgan fingerprint density at radius 2 is 2.10 bits per heavy atom. The first-order chi connectivity index (χ1) is 9.76. The topological polar surface area (TPSA) is 47.8 Å². The van der Waals surface area contributed by atoms with Crippen LogP contribution in [0.2, 0.25) is 0 Å². The minimum absolute atomic E-state index is 0.557. The Balaban J connectivity index is 2.02. The molecule has 20 heavy (non-hydrogen) atoms. The van der Waals surface area contributed by atoms with E-state index in [1.54, 1.807) is 4.68 Å². The lowest BCUT2D eigenvalue weighted by Crippen LogP contribution is -1.88. The van der Waals surface area contributed by atoms with Crippen molar-refractivity contribution in [1.82, 2.24) is 14.8 Å². The van der Waals surface area contributed by atoms with E-state index in [1.165, 1.54) is 0 Å². The molecule has 2 aromatic heterocycles. The van der Waals surface area contributed by atoms with Crippen molar-refractivity contribution in [1.29, 1.82) is 0 Å². The van der Waals surface area contributed by atoms with Crippen molar-refractivity contribution < 1.29 is 4.79 Å². The number of aromatic nitrogens is 3. The lowest BCUT2D eigenvalue weighted by Gasteiger charge is -2.04. The molecule has 1 aromatic carbocycles. The summed E-state index contributed by atoms with van der Waals surface area (Å²) < 4.78 is 1.78. The summed E-state index contributed by atoms with van der Waals surface area (Å²) >= 11 is 0. The third-order valence-corrected chi connectivity index (χ3v) is 3.33. The number of benzene rings is 1. The van der Waals surface area contributed by atoms with Crippen LogP contribution in [-0.4, -0.2) is 21.1 Å². The average Bonchev–Trinajstić information content (AvgIpc) is 2.91. The van der Waals surface area contributed by atoms with Crippen molar-refractivity contribution in [2.45, 2.75) is 12.8 Å². The maximum Gasteiger partial charge on any atom is 0.120 e. The van der Waals surface area contributed by atoms with Gasteiger partial charge in [0.25, 0.3) is 0 Å². The Morgan fingerprint density at radius 3 is 2.85 bits per heavy atom. The van der Waals surface area contributed by atoms with Crippen molar-refractivity contribution in [3.05, 3.63) is 48.4 Å². The molecule has 0 amide bonds. The number of aldehydes is 1. The number of fused-ring (bicyclic) bond motifs is 1. The normalized spacial score (nSPS) is 10.8. The number of hydrogen-bond donors (Lipinski definition) is 0. The van der Waals surface area contributed by atoms with E-state index >= 15 is 0 Å². The molecule has 4 nitrogen and oxygen atoms in total. The van der Waals surface area contributed by atoms with Gasteiger partial charge in [0.1, 0.15) is 6.29 Å². The highest BCUT2D eigenvalue weighted by Gasteiger charge is 2.04. The fourth-order valence-corrected chi connectivity index (χ4v) is 2.29. The second kappa shape index (κ2) is 5.25. The molecule has 0 aliphatic carbocycles. The summed E-state index contributed by atoms with van der Waals surface area (Å²) in [5.41, 5.74) is 4.24. The third kappa shape index (κ3) is 2.45. The van der Waals surface area contributed by atoms with Gasteiger partial charge in [-0.1, -0.05) is 6.07 Å². The number of nitrogens with zero attached hydrogens (tertiary/aromatic N) is 3. The van der Waals surface area contributed by atoms with Gasteiger partial charge in [-0.3, -0.25) is 9.67 Å². The molecule has 0 atom stereocenters. The quantitative estimate of drug-likeness (QED) is 0.681. The molecule has 100 valence electrons. The summed E-state index contributed by atoms with van der Waals surface area (Å²) in [6.07, 6.45) is 7.95. The first-order valence-electron chi connectivity index (χ1n) is 6.57. The van der Waals surface area contributed by atoms with E-state index in [1.807, 2.05) is 37.8 Å². The molecule has 0 saturated heterocycles. The summed E-state index contributed by atoms with van der Waals surface area (Å²) in [5.74, 6) is 0. The van der Waals surface area contributed by atoms with Crippen molar-refractivity contribution in [2.75, 3.05) is 0 Å². The van der Waals surface area contributed by atoms with Gasteiger partial charge in [0.05, 0.1) is 11.7 Å². The van der Waals surface area contributed by atoms with E-state index in [2.05, 4.69) is 22.2 Å². The van der Waals surface area contributed by atoms with Crippen molar-refractivity contribution >= 4 is 17.2 Å². The Kier molecular flexibility index (Phi) is 3.29. The first kappa shape index (κ1) is 12.5. The van der Waals surface area contributed by atoms with Crippen LogP contribution >= 0.6 is 0 Å². The second-order valence-electron chi connectivity index (χ2n) is 4.86. The molecule has 3 rings (SSSR count). The number of carbonyl (C=O) groups excluding carboxylic acids is 1. The molecular weight excluding hydrogens is 250 g/mol. The summed E-state index contributed by atoms with van der Waals surface area (Å²) in [7, 11) is 1.90. The lowest BCUT2D eigenvalue weighted by molar-refractivity contribution is -0.107. The Bertz CT molecular complexity index is 761. The molecule has 0 bridgehead atoms. The highest BCUT2D eigenvalue weighted by Crippen LogP contribution is 2.23. The number of aryl methyl sites for hydroxylation is 2. The van der Waals surface area contributed by atoms with Crippen molar-refractivity contribution in [3.8, 4) is 11.1 Å². The molecule has 0 aliphatic heterocycles. The molecule has 3 aromatic rings. The average molecular weight is 265 g/mol. The minimum Gasteiger partial charge on any atom is -0.303 e. The van der Waals surface area contributed by atoms with Gasteiger partial charge < -0.3 is 4.79 Å². The predicted molar refractivity (Wildman–Crippen MR) is 78.3 cm³/mol. The van der Waals surface area contributed by atoms with Crippen molar-refractivity contribution in [2.24, 2.45) is 7.05 Å². The van der Waals surface area contributed by atoms with Crippen LogP contribution in [0.4, 0.5) is 0 Å². The fraction of sp³-hybridized carbons (Fsp3) is 0.188. The molecule has 0 N–H and O–H groups in total. The molecule has 0 radical (unpaired) electrons. The van der Waals surface area contributed by atoms with Gasteiger partial charge in [0.2, 0.25) is 0 Å². The summed E-state index contributed by atoms with van der Waals surface area (Å²) in [6.45, 7) is 0. The zero-order chi connectivity index (χ0) is 13.9. The third-order valence-electron chi connectivity index (χ3n) is 3.33. The molecule has 0 fully saturated rings. The van der Waals surface area contributed by atoms with E-state index in [0.29, 0.717) is 6.42 Å². The fourth-order valence-electron chi connectivity index (χ4n) is 2.29. The largest absolute Gasteiger partial charge is 0.303 e. The Morgan fingerprint density at radius 1 is 1.20 bits per heavy atom. The zero-order valence-corrected chi connectivity index (χ0v) is 11.3. The second-order valence-corrected chi connectivity index (χ2v) is 4.86. The van der Waals surface area contributed by atoms with Gasteiger partial charge in [-0.05, 0) is 30.2 Å². The number of pyridine rings is 1. The summed E-state index contributed by atoms with van der Waals surface area (Å²) in [5, 5.41) is 5.27. The summed E-state index contributed by atoms with van der Waals surface area (Å²) in [6, 6.07) is 8.25. The van der Waals surface area contributed by atoms with Gasteiger partial charge in [-0.15, -0.1) is 0 Å². The molecule has 2 heterocycles. The summed E-state index contributed by atoms with van der Waals surface area (Å²) in [4.78, 5) is 14.9. The van der Waals surface area contributed by atoms with Crippen LogP contribution in [0, 0.1) is 0 Å². The van der Waals surface area contributed by atoms with E-state index in [0.717, 1.165) is 40.3 Å². The number of rotatable bonds is 4. The van der Waals surface area contributed by atoms with Crippen LogP contribution in [0.3, 0.4) is 0 Å². The molecule has 0 aliphatic rings. The SMILES string of the molecule is Cn1cc(-c2cnc3ccc(CCC=O)cc3c2)cn1. The van der Waals surface area contributed by atoms with Crippen molar-refractivity contribution in [3.63, 3.8) is 0 Å². The van der Waals surface area contributed by atoms with Gasteiger partial charge in [-0.25, -0.2) is 0 Å². The maximum absolute atomic E-state index is 10.5. The van der Waals surface area contributed by atoms with Gasteiger partial charge in [0.15, 0.2) is 0 Å². The smallest absolute Gasteiger partial charge is 0.120 e. The van der Waals surface area contributed by atoms with E-state index in [4.69, 9.17) is 0 Å². The molecule has 0 unspecified atom stereocenters. The molecule has 0 saturated carbocycles. The van der Waals surface area contributed by atoms with Crippen LogP contribution < -0.4 is 0 Å².